The molecule has 0 aliphatic rings. The van der Waals surface area contributed by atoms with E-state index in [9.17, 15) is 14.7 Å². The molecule has 6 nitrogen and oxygen atoms in total. The predicted molar refractivity (Wildman–Crippen MR) is 171 cm³/mol. The Morgan fingerprint density at radius 3 is 2.28 bits per heavy atom. The van der Waals surface area contributed by atoms with Gasteiger partial charge in [0.1, 0.15) is 11.8 Å². The summed E-state index contributed by atoms with van der Waals surface area (Å²) in [6.45, 7) is 2.49. The minimum atomic E-state index is -0.996. The van der Waals surface area contributed by atoms with Crippen molar-refractivity contribution in [2.45, 2.75) is 25.8 Å². The number of anilines is 1. The van der Waals surface area contributed by atoms with Gasteiger partial charge < -0.3 is 20.1 Å². The fourth-order valence-corrected chi connectivity index (χ4v) is 5.36. The Hall–Kier alpha value is -5.36. The number of H-pyrrole nitrogens is 1. The summed E-state index contributed by atoms with van der Waals surface area (Å²) in [6, 6.07) is 35.7. The predicted octanol–water partition coefficient (Wildman–Crippen LogP) is 7.59. The van der Waals surface area contributed by atoms with Crippen molar-refractivity contribution in [1.29, 1.82) is 0 Å². The van der Waals surface area contributed by atoms with E-state index < -0.39 is 12.0 Å². The Bertz CT molecular complexity index is 1910. The van der Waals surface area contributed by atoms with Gasteiger partial charge in [0.25, 0.3) is 0 Å². The van der Waals surface area contributed by atoms with Crippen molar-refractivity contribution in [2.75, 3.05) is 11.9 Å². The van der Waals surface area contributed by atoms with Crippen LogP contribution in [-0.4, -0.2) is 34.5 Å². The topological polar surface area (TPSA) is 91.4 Å². The van der Waals surface area contributed by atoms with Crippen molar-refractivity contribution in [3.63, 3.8) is 0 Å². The van der Waals surface area contributed by atoms with Gasteiger partial charge in [-0.1, -0.05) is 84.4 Å². The summed E-state index contributed by atoms with van der Waals surface area (Å²) in [5.74, 6) is -0.427. The molecule has 1 heterocycles. The van der Waals surface area contributed by atoms with Crippen LogP contribution in [0.5, 0.6) is 5.75 Å². The number of para-hydroxylation sites is 2. The fraction of sp³-hybridized carbons (Fsp3) is 0.135. The van der Waals surface area contributed by atoms with Crippen LogP contribution in [-0.2, 0) is 17.6 Å². The van der Waals surface area contributed by atoms with E-state index in [0.717, 1.165) is 34.3 Å². The Labute approximate surface area is 250 Å². The Kier molecular flexibility index (Phi) is 7.92. The first kappa shape index (κ1) is 27.8. The summed E-state index contributed by atoms with van der Waals surface area (Å²) >= 11 is 0. The number of rotatable bonds is 11. The molecule has 43 heavy (non-hydrogen) atoms. The molecule has 0 saturated heterocycles. The molecule has 0 aliphatic heterocycles. The van der Waals surface area contributed by atoms with Crippen molar-refractivity contribution in [3.8, 4) is 5.75 Å². The maximum absolute atomic E-state index is 13.2. The number of benzene rings is 5. The highest BCUT2D eigenvalue weighted by molar-refractivity contribution is 6.12. The van der Waals surface area contributed by atoms with Crippen molar-refractivity contribution in [3.05, 3.63) is 143 Å². The standard InChI is InChI=1S/C37H32N2O4/c1-24-10-15-27(16-11-24)36(40)31-7-3-5-9-33(31)39-35(37(41)42)23-25-12-17-28(18-13-25)43-21-20-26-14-19-30-29-6-2-4-8-32(29)38-34(30)22-26/h2-19,22,35,38-39H,20-21,23H2,1H3,(H,41,42). The third-order valence-corrected chi connectivity index (χ3v) is 7.71. The average molecular weight is 569 g/mol. The first-order valence-electron chi connectivity index (χ1n) is 14.4. The molecule has 0 radical (unpaired) electrons. The molecule has 6 heteroatoms. The Morgan fingerprint density at radius 1 is 0.791 bits per heavy atom. The minimum absolute atomic E-state index is 0.157. The summed E-state index contributed by atoms with van der Waals surface area (Å²) in [5, 5.41) is 15.5. The molecule has 1 unspecified atom stereocenters. The number of carboxylic acid groups (broad SMARTS) is 1. The van der Waals surface area contributed by atoms with E-state index >= 15 is 0 Å². The molecule has 5 aromatic carbocycles. The number of carbonyl (C=O) groups is 2. The number of fused-ring (bicyclic) bond motifs is 3. The van der Waals surface area contributed by atoms with Gasteiger partial charge in [0.2, 0.25) is 0 Å². The van der Waals surface area contributed by atoms with Gasteiger partial charge in [-0.2, -0.15) is 0 Å². The van der Waals surface area contributed by atoms with E-state index in [4.69, 9.17) is 4.74 Å². The van der Waals surface area contributed by atoms with Crippen LogP contribution in [0.3, 0.4) is 0 Å². The number of carbonyl (C=O) groups excluding carboxylic acids is 1. The average Bonchev–Trinajstić information content (AvgIpc) is 3.40. The van der Waals surface area contributed by atoms with E-state index in [1.165, 1.54) is 16.3 Å². The summed E-state index contributed by atoms with van der Waals surface area (Å²) in [5.41, 5.74) is 6.83. The molecule has 214 valence electrons. The summed E-state index contributed by atoms with van der Waals surface area (Å²) in [7, 11) is 0. The summed E-state index contributed by atoms with van der Waals surface area (Å²) < 4.78 is 6.00. The fourth-order valence-electron chi connectivity index (χ4n) is 5.36. The van der Waals surface area contributed by atoms with Gasteiger partial charge in [0.15, 0.2) is 5.78 Å². The second-order valence-electron chi connectivity index (χ2n) is 10.8. The molecule has 6 rings (SSSR count). The van der Waals surface area contributed by atoms with Gasteiger partial charge in [-0.05, 0) is 54.4 Å². The number of hydrogen-bond donors (Lipinski definition) is 3. The number of ether oxygens (including phenoxy) is 1. The smallest absolute Gasteiger partial charge is 0.326 e. The first-order chi connectivity index (χ1) is 20.9. The monoisotopic (exact) mass is 568 g/mol. The molecule has 6 aromatic rings. The number of nitrogens with one attached hydrogen (secondary N) is 2. The van der Waals surface area contributed by atoms with Crippen LogP contribution in [0, 0.1) is 6.92 Å². The maximum atomic E-state index is 13.2. The molecule has 1 atom stereocenters. The first-order valence-corrected chi connectivity index (χ1v) is 14.4. The van der Waals surface area contributed by atoms with Crippen LogP contribution in [0.2, 0.25) is 0 Å². The van der Waals surface area contributed by atoms with E-state index in [1.54, 1.807) is 36.4 Å². The zero-order valence-corrected chi connectivity index (χ0v) is 23.8. The number of aromatic nitrogens is 1. The van der Waals surface area contributed by atoms with Crippen LogP contribution in [0.25, 0.3) is 21.8 Å². The highest BCUT2D eigenvalue weighted by Gasteiger charge is 2.21. The second kappa shape index (κ2) is 12.2. The number of aryl methyl sites for hydroxylation is 1. The zero-order valence-electron chi connectivity index (χ0n) is 23.8. The number of carboxylic acids is 1. The van der Waals surface area contributed by atoms with Gasteiger partial charge in [0, 0.05) is 51.5 Å². The molecule has 0 aliphatic carbocycles. The third kappa shape index (κ3) is 6.28. The van der Waals surface area contributed by atoms with Crippen molar-refractivity contribution >= 4 is 39.2 Å². The molecular formula is C37H32N2O4. The SMILES string of the molecule is Cc1ccc(C(=O)c2ccccc2NC(Cc2ccc(OCCc3ccc4c(c3)[nH]c3ccccc34)cc2)C(=O)O)cc1. The largest absolute Gasteiger partial charge is 0.493 e. The molecule has 3 N–H and O–H groups in total. The van der Waals surface area contributed by atoms with Gasteiger partial charge in [-0.3, -0.25) is 4.79 Å². The molecule has 1 aromatic heterocycles. The molecule has 0 amide bonds. The van der Waals surface area contributed by atoms with Crippen LogP contribution >= 0.6 is 0 Å². The number of aliphatic carboxylic acids is 1. The van der Waals surface area contributed by atoms with Crippen LogP contribution < -0.4 is 10.1 Å². The van der Waals surface area contributed by atoms with Gasteiger partial charge in [-0.25, -0.2) is 4.79 Å². The van der Waals surface area contributed by atoms with Crippen LogP contribution in [0.4, 0.5) is 5.69 Å². The molecule has 0 saturated carbocycles. The van der Waals surface area contributed by atoms with E-state index in [-0.39, 0.29) is 12.2 Å². The normalized spacial score (nSPS) is 11.8. The number of aromatic amines is 1. The van der Waals surface area contributed by atoms with E-state index in [1.807, 2.05) is 49.4 Å². The lowest BCUT2D eigenvalue weighted by atomic mass is 9.99. The van der Waals surface area contributed by atoms with Crippen LogP contribution in [0.15, 0.2) is 115 Å². The number of ketones is 1. The minimum Gasteiger partial charge on any atom is -0.493 e. The molecule has 0 fully saturated rings. The van der Waals surface area contributed by atoms with Gasteiger partial charge in [0.05, 0.1) is 6.61 Å². The van der Waals surface area contributed by atoms with Crippen molar-refractivity contribution in [2.24, 2.45) is 0 Å². The van der Waals surface area contributed by atoms with E-state index in [0.29, 0.717) is 23.4 Å². The van der Waals surface area contributed by atoms with Gasteiger partial charge >= 0.3 is 5.97 Å². The molecular weight excluding hydrogens is 536 g/mol. The molecule has 0 bridgehead atoms. The summed E-state index contributed by atoms with van der Waals surface area (Å²) in [4.78, 5) is 28.9. The zero-order chi connectivity index (χ0) is 29.8. The molecule has 0 spiro atoms. The van der Waals surface area contributed by atoms with Crippen molar-refractivity contribution in [1.82, 2.24) is 4.98 Å². The lowest BCUT2D eigenvalue weighted by Crippen LogP contribution is -2.32. The summed E-state index contributed by atoms with van der Waals surface area (Å²) in [6.07, 6.45) is 1.01. The Morgan fingerprint density at radius 2 is 1.49 bits per heavy atom. The Balaban J connectivity index is 1.08. The van der Waals surface area contributed by atoms with E-state index in [2.05, 4.69) is 46.7 Å². The van der Waals surface area contributed by atoms with Crippen molar-refractivity contribution < 1.29 is 19.4 Å². The highest BCUT2D eigenvalue weighted by Crippen LogP contribution is 2.26. The lowest BCUT2D eigenvalue weighted by Gasteiger charge is -2.18. The number of hydrogen-bond acceptors (Lipinski definition) is 4. The second-order valence-corrected chi connectivity index (χ2v) is 10.8. The van der Waals surface area contributed by atoms with Gasteiger partial charge in [-0.15, -0.1) is 0 Å². The quantitative estimate of drug-likeness (QED) is 0.140. The highest BCUT2D eigenvalue weighted by atomic mass is 16.5. The van der Waals surface area contributed by atoms with Crippen LogP contribution in [0.1, 0.15) is 32.6 Å². The third-order valence-electron chi connectivity index (χ3n) is 7.71. The maximum Gasteiger partial charge on any atom is 0.326 e. The lowest BCUT2D eigenvalue weighted by molar-refractivity contribution is -0.137.